The third kappa shape index (κ3) is 5.04. The van der Waals surface area contributed by atoms with Crippen LogP contribution in [0.1, 0.15) is 26.7 Å². The second-order valence-electron chi connectivity index (χ2n) is 5.14. The number of nitrogens with zero attached hydrogens (tertiary/aromatic N) is 1. The van der Waals surface area contributed by atoms with Gasteiger partial charge in [-0.25, -0.2) is 9.59 Å². The molecule has 7 heteroatoms. The Hall–Kier alpha value is -1.34. The smallest absolute Gasteiger partial charge is 0.337 e. The number of likely N-dealkylation sites (tertiary alicyclic amines) is 1. The fourth-order valence-electron chi connectivity index (χ4n) is 2.02. The number of carbonyl (C=O) groups is 2. The van der Waals surface area contributed by atoms with Crippen molar-refractivity contribution in [3.63, 3.8) is 0 Å². The van der Waals surface area contributed by atoms with Crippen LogP contribution >= 0.6 is 0 Å². The SMILES string of the molecule is CCN1CCCC(NC(=O)NCC(C)(O)C(=O)O)C1. The van der Waals surface area contributed by atoms with E-state index in [1.165, 1.54) is 0 Å². The maximum atomic E-state index is 11.6. The van der Waals surface area contributed by atoms with Gasteiger partial charge >= 0.3 is 12.0 Å². The van der Waals surface area contributed by atoms with Crippen molar-refractivity contribution >= 4 is 12.0 Å². The summed E-state index contributed by atoms with van der Waals surface area (Å²) < 4.78 is 0. The van der Waals surface area contributed by atoms with Gasteiger partial charge in [0, 0.05) is 12.6 Å². The predicted molar refractivity (Wildman–Crippen MR) is 69.9 cm³/mol. The minimum absolute atomic E-state index is 0.0727. The number of urea groups is 1. The highest BCUT2D eigenvalue weighted by Gasteiger charge is 2.30. The first-order valence-corrected chi connectivity index (χ1v) is 6.57. The third-order valence-electron chi connectivity index (χ3n) is 3.34. The number of nitrogens with one attached hydrogen (secondary N) is 2. The summed E-state index contributed by atoms with van der Waals surface area (Å²) in [6.45, 7) is 5.71. The number of piperidine rings is 1. The molecule has 4 N–H and O–H groups in total. The molecule has 1 heterocycles. The first-order valence-electron chi connectivity index (χ1n) is 6.57. The number of carboxylic acid groups (broad SMARTS) is 1. The third-order valence-corrected chi connectivity index (χ3v) is 3.34. The summed E-state index contributed by atoms with van der Waals surface area (Å²) in [6.07, 6.45) is 1.95. The maximum Gasteiger partial charge on any atom is 0.337 e. The molecule has 1 rings (SSSR count). The van der Waals surface area contributed by atoms with E-state index >= 15 is 0 Å². The number of carbonyl (C=O) groups excluding carboxylic acids is 1. The zero-order valence-corrected chi connectivity index (χ0v) is 11.5. The number of likely N-dealkylation sites (N-methyl/N-ethyl adjacent to an activating group) is 1. The van der Waals surface area contributed by atoms with Crippen LogP contribution in [0.4, 0.5) is 4.79 Å². The molecule has 19 heavy (non-hydrogen) atoms. The monoisotopic (exact) mass is 273 g/mol. The van der Waals surface area contributed by atoms with Gasteiger partial charge in [-0.05, 0) is 32.9 Å². The first kappa shape index (κ1) is 15.7. The average molecular weight is 273 g/mol. The molecule has 0 spiro atoms. The standard InChI is InChI=1S/C12H23N3O4/c1-3-15-6-4-5-9(7-15)14-11(18)13-8-12(2,19)10(16)17/h9,19H,3-8H2,1-2H3,(H,16,17)(H2,13,14,18). The summed E-state index contributed by atoms with van der Waals surface area (Å²) >= 11 is 0. The van der Waals surface area contributed by atoms with Crippen molar-refractivity contribution in [1.82, 2.24) is 15.5 Å². The van der Waals surface area contributed by atoms with E-state index in [1.807, 2.05) is 0 Å². The van der Waals surface area contributed by atoms with Gasteiger partial charge < -0.3 is 25.7 Å². The van der Waals surface area contributed by atoms with Crippen LogP contribution in [-0.2, 0) is 4.79 Å². The molecule has 0 aromatic rings. The summed E-state index contributed by atoms with van der Waals surface area (Å²) in [5, 5.41) is 23.4. The fourth-order valence-corrected chi connectivity index (χ4v) is 2.02. The van der Waals surface area contributed by atoms with E-state index in [1.54, 1.807) is 0 Å². The Balaban J connectivity index is 2.33. The molecule has 0 saturated carbocycles. The van der Waals surface area contributed by atoms with Gasteiger partial charge in [-0.3, -0.25) is 0 Å². The van der Waals surface area contributed by atoms with Gasteiger partial charge in [0.05, 0.1) is 6.54 Å². The lowest BCUT2D eigenvalue weighted by Gasteiger charge is -2.32. The quantitative estimate of drug-likeness (QED) is 0.546. The Bertz CT molecular complexity index is 333. The van der Waals surface area contributed by atoms with Gasteiger partial charge in [0.25, 0.3) is 0 Å². The number of rotatable bonds is 5. The van der Waals surface area contributed by atoms with Crippen LogP contribution in [0.3, 0.4) is 0 Å². The highest BCUT2D eigenvalue weighted by atomic mass is 16.4. The molecule has 0 aliphatic carbocycles. The molecule has 1 aliphatic heterocycles. The van der Waals surface area contributed by atoms with Crippen molar-refractivity contribution in [1.29, 1.82) is 0 Å². The van der Waals surface area contributed by atoms with Gasteiger partial charge in [-0.2, -0.15) is 0 Å². The number of aliphatic hydroxyl groups is 1. The number of carboxylic acids is 1. The van der Waals surface area contributed by atoms with Crippen LogP contribution in [0.2, 0.25) is 0 Å². The highest BCUT2D eigenvalue weighted by molar-refractivity contribution is 5.79. The number of amides is 2. The molecule has 0 radical (unpaired) electrons. The lowest BCUT2D eigenvalue weighted by Crippen LogP contribution is -2.53. The number of aliphatic carboxylic acids is 1. The molecule has 1 aliphatic rings. The topological polar surface area (TPSA) is 102 Å². The van der Waals surface area contributed by atoms with E-state index in [9.17, 15) is 14.7 Å². The Kier molecular flexibility index (Phi) is 5.56. The predicted octanol–water partition coefficient (Wildman–Crippen LogP) is -0.394. The largest absolute Gasteiger partial charge is 0.479 e. The zero-order valence-electron chi connectivity index (χ0n) is 11.5. The number of hydrogen-bond donors (Lipinski definition) is 4. The molecule has 1 saturated heterocycles. The van der Waals surface area contributed by atoms with Gasteiger partial charge in [-0.1, -0.05) is 6.92 Å². The van der Waals surface area contributed by atoms with Gasteiger partial charge in [0.1, 0.15) is 0 Å². The van der Waals surface area contributed by atoms with Crippen LogP contribution < -0.4 is 10.6 Å². The molecule has 1 fully saturated rings. The number of hydrogen-bond acceptors (Lipinski definition) is 4. The summed E-state index contributed by atoms with van der Waals surface area (Å²) in [6, 6.07) is -0.368. The zero-order chi connectivity index (χ0) is 14.5. The van der Waals surface area contributed by atoms with Crippen molar-refractivity contribution in [2.45, 2.75) is 38.3 Å². The van der Waals surface area contributed by atoms with Crippen LogP contribution in [-0.4, -0.2) is 64.9 Å². The molecule has 110 valence electrons. The Morgan fingerprint density at radius 2 is 2.16 bits per heavy atom. The minimum atomic E-state index is -1.95. The van der Waals surface area contributed by atoms with E-state index in [4.69, 9.17) is 5.11 Å². The van der Waals surface area contributed by atoms with Crippen molar-refractivity contribution < 1.29 is 19.8 Å². The van der Waals surface area contributed by atoms with Gasteiger partial charge in [-0.15, -0.1) is 0 Å². The van der Waals surface area contributed by atoms with Crippen molar-refractivity contribution in [2.75, 3.05) is 26.2 Å². The Morgan fingerprint density at radius 1 is 1.47 bits per heavy atom. The summed E-state index contributed by atoms with van der Waals surface area (Å²) in [4.78, 5) is 24.6. The second kappa shape index (κ2) is 6.72. The van der Waals surface area contributed by atoms with Crippen LogP contribution in [0, 0.1) is 0 Å². The Labute approximate surface area is 113 Å². The molecule has 2 unspecified atom stereocenters. The Morgan fingerprint density at radius 3 is 2.74 bits per heavy atom. The van der Waals surface area contributed by atoms with Crippen molar-refractivity contribution in [3.8, 4) is 0 Å². The van der Waals surface area contributed by atoms with Gasteiger partial charge in [0.15, 0.2) is 5.60 Å². The first-order chi connectivity index (χ1) is 8.85. The maximum absolute atomic E-state index is 11.6. The van der Waals surface area contributed by atoms with Crippen LogP contribution in [0.5, 0.6) is 0 Å². The van der Waals surface area contributed by atoms with E-state index in [2.05, 4.69) is 22.5 Å². The van der Waals surface area contributed by atoms with E-state index in [-0.39, 0.29) is 12.6 Å². The second-order valence-corrected chi connectivity index (χ2v) is 5.14. The fraction of sp³-hybridized carbons (Fsp3) is 0.833. The molecular formula is C12H23N3O4. The lowest BCUT2D eigenvalue weighted by molar-refractivity contribution is -0.155. The molecule has 2 atom stereocenters. The summed E-state index contributed by atoms with van der Waals surface area (Å²) in [7, 11) is 0. The molecule has 0 aromatic heterocycles. The van der Waals surface area contributed by atoms with E-state index < -0.39 is 17.6 Å². The minimum Gasteiger partial charge on any atom is -0.479 e. The molecule has 2 amide bonds. The van der Waals surface area contributed by atoms with Crippen LogP contribution in [0.25, 0.3) is 0 Å². The van der Waals surface area contributed by atoms with Gasteiger partial charge in [0.2, 0.25) is 0 Å². The van der Waals surface area contributed by atoms with E-state index in [0.717, 1.165) is 39.4 Å². The van der Waals surface area contributed by atoms with Crippen molar-refractivity contribution in [2.24, 2.45) is 0 Å². The summed E-state index contributed by atoms with van der Waals surface area (Å²) in [5.74, 6) is -1.36. The normalized spacial score (nSPS) is 23.4. The molecule has 7 nitrogen and oxygen atoms in total. The molecular weight excluding hydrogens is 250 g/mol. The van der Waals surface area contributed by atoms with Crippen LogP contribution in [0.15, 0.2) is 0 Å². The molecule has 0 bridgehead atoms. The lowest BCUT2D eigenvalue weighted by atomic mass is 10.1. The van der Waals surface area contributed by atoms with E-state index in [0.29, 0.717) is 0 Å². The highest BCUT2D eigenvalue weighted by Crippen LogP contribution is 2.09. The average Bonchev–Trinajstić information content (AvgIpc) is 2.36. The van der Waals surface area contributed by atoms with Crippen molar-refractivity contribution in [3.05, 3.63) is 0 Å². The molecule has 0 aromatic carbocycles. The summed E-state index contributed by atoms with van der Waals surface area (Å²) in [5.41, 5.74) is -1.95.